The minimum absolute atomic E-state index is 0.315. The van der Waals surface area contributed by atoms with Crippen molar-refractivity contribution in [2.75, 3.05) is 5.32 Å². The molecule has 1 N–H and O–H groups in total. The highest BCUT2D eigenvalue weighted by atomic mass is 32.1. The highest BCUT2D eigenvalue weighted by Crippen LogP contribution is 2.31. The van der Waals surface area contributed by atoms with E-state index >= 15 is 0 Å². The first-order valence-electron chi connectivity index (χ1n) is 8.15. The number of benzene rings is 1. The summed E-state index contributed by atoms with van der Waals surface area (Å²) in [5, 5.41) is 2.86. The number of hydrogen-bond acceptors (Lipinski definition) is 4. The summed E-state index contributed by atoms with van der Waals surface area (Å²) in [5.41, 5.74) is 3.99. The first-order valence-corrected chi connectivity index (χ1v) is 8.97. The van der Waals surface area contributed by atoms with Crippen LogP contribution in [0.2, 0.25) is 0 Å². The number of nitrogens with one attached hydrogen (secondary N) is 1. The van der Waals surface area contributed by atoms with Gasteiger partial charge in [-0.25, -0.2) is 4.79 Å². The topological polar surface area (TPSA) is 55.4 Å². The summed E-state index contributed by atoms with van der Waals surface area (Å²) in [6.07, 6.45) is 2.39. The van der Waals surface area contributed by atoms with E-state index < -0.39 is 12.1 Å². The Bertz CT molecular complexity index is 752. The monoisotopic (exact) mass is 343 g/mol. The Kier molecular flexibility index (Phi) is 4.71. The zero-order valence-electron chi connectivity index (χ0n) is 14.1. The highest BCUT2D eigenvalue weighted by molar-refractivity contribution is 7.14. The molecular formula is C19H21NO3S. The van der Waals surface area contributed by atoms with Gasteiger partial charge in [0.25, 0.3) is 5.91 Å². The normalized spacial score (nSPS) is 14.1. The number of aryl methyl sites for hydroxylation is 4. The zero-order valence-corrected chi connectivity index (χ0v) is 15.0. The summed E-state index contributed by atoms with van der Waals surface area (Å²) < 4.78 is 5.35. The van der Waals surface area contributed by atoms with Gasteiger partial charge in [0.1, 0.15) is 4.88 Å². The molecule has 2 aromatic rings. The molecule has 4 nitrogen and oxygen atoms in total. The Hall–Kier alpha value is -2.14. The van der Waals surface area contributed by atoms with Crippen LogP contribution in [0.3, 0.4) is 0 Å². The Morgan fingerprint density at radius 1 is 1.21 bits per heavy atom. The van der Waals surface area contributed by atoms with E-state index in [1.54, 1.807) is 6.92 Å². The van der Waals surface area contributed by atoms with E-state index in [1.807, 2.05) is 38.1 Å². The number of rotatable bonds is 4. The number of carbonyl (C=O) groups excluding carboxylic acids is 2. The van der Waals surface area contributed by atoms with Crippen LogP contribution in [0.4, 0.5) is 5.69 Å². The van der Waals surface area contributed by atoms with Crippen molar-refractivity contribution in [2.24, 2.45) is 0 Å². The molecule has 126 valence electrons. The molecule has 1 amide bonds. The van der Waals surface area contributed by atoms with Crippen molar-refractivity contribution >= 4 is 28.9 Å². The van der Waals surface area contributed by atoms with E-state index in [4.69, 9.17) is 4.74 Å². The van der Waals surface area contributed by atoms with Crippen molar-refractivity contribution in [2.45, 2.75) is 46.1 Å². The molecule has 0 saturated heterocycles. The second-order valence-corrected chi connectivity index (χ2v) is 7.35. The van der Waals surface area contributed by atoms with Gasteiger partial charge in [0, 0.05) is 10.6 Å². The maximum absolute atomic E-state index is 12.3. The average Bonchev–Trinajstić information content (AvgIpc) is 3.12. The molecule has 1 aromatic carbocycles. The number of amides is 1. The van der Waals surface area contributed by atoms with Crippen molar-refractivity contribution in [3.05, 3.63) is 50.7 Å². The molecule has 3 rings (SSSR count). The lowest BCUT2D eigenvalue weighted by Gasteiger charge is -2.16. The van der Waals surface area contributed by atoms with Crippen LogP contribution in [-0.2, 0) is 22.4 Å². The fraction of sp³-hybridized carbons (Fsp3) is 0.368. The van der Waals surface area contributed by atoms with Crippen LogP contribution >= 0.6 is 11.3 Å². The number of hydrogen-bond donors (Lipinski definition) is 1. The van der Waals surface area contributed by atoms with Gasteiger partial charge in [-0.2, -0.15) is 0 Å². The molecule has 0 fully saturated rings. The largest absolute Gasteiger partial charge is 0.448 e. The van der Waals surface area contributed by atoms with Crippen molar-refractivity contribution in [1.29, 1.82) is 0 Å². The van der Waals surface area contributed by atoms with Gasteiger partial charge in [0.05, 0.1) is 0 Å². The number of para-hydroxylation sites is 1. The molecule has 24 heavy (non-hydrogen) atoms. The minimum atomic E-state index is -0.839. The lowest BCUT2D eigenvalue weighted by Crippen LogP contribution is -2.30. The van der Waals surface area contributed by atoms with Crippen LogP contribution in [0, 0.1) is 13.8 Å². The Balaban J connectivity index is 1.64. The van der Waals surface area contributed by atoms with Crippen LogP contribution < -0.4 is 5.32 Å². The third-order valence-electron chi connectivity index (χ3n) is 4.33. The van der Waals surface area contributed by atoms with Crippen molar-refractivity contribution in [3.63, 3.8) is 0 Å². The van der Waals surface area contributed by atoms with Crippen LogP contribution in [0.1, 0.15) is 44.6 Å². The van der Waals surface area contributed by atoms with E-state index in [-0.39, 0.29) is 5.91 Å². The second kappa shape index (κ2) is 6.77. The molecule has 0 aliphatic heterocycles. The standard InChI is InChI=1S/C19H21NO3S/c1-11-6-4-7-12(2)17(11)20-18(21)13(3)23-19(22)16-10-14-8-5-9-15(14)24-16/h4,6-7,10,13H,5,8-9H2,1-3H3,(H,20,21)/t13-/m1/s1. The molecule has 1 aliphatic carbocycles. The zero-order chi connectivity index (χ0) is 17.3. The molecule has 0 spiro atoms. The number of esters is 1. The predicted molar refractivity (Wildman–Crippen MR) is 95.8 cm³/mol. The van der Waals surface area contributed by atoms with Crippen LogP contribution in [0.15, 0.2) is 24.3 Å². The van der Waals surface area contributed by atoms with E-state index in [2.05, 4.69) is 5.32 Å². The minimum Gasteiger partial charge on any atom is -0.448 e. The summed E-state index contributed by atoms with van der Waals surface area (Å²) in [7, 11) is 0. The number of thiophene rings is 1. The maximum atomic E-state index is 12.3. The molecule has 0 bridgehead atoms. The van der Waals surface area contributed by atoms with Gasteiger partial charge in [-0.1, -0.05) is 18.2 Å². The van der Waals surface area contributed by atoms with Gasteiger partial charge in [0.15, 0.2) is 6.10 Å². The lowest BCUT2D eigenvalue weighted by atomic mass is 10.1. The van der Waals surface area contributed by atoms with E-state index in [9.17, 15) is 9.59 Å². The lowest BCUT2D eigenvalue weighted by molar-refractivity contribution is -0.123. The van der Waals surface area contributed by atoms with Crippen molar-refractivity contribution < 1.29 is 14.3 Å². The fourth-order valence-electron chi connectivity index (χ4n) is 2.94. The van der Waals surface area contributed by atoms with Gasteiger partial charge in [-0.15, -0.1) is 11.3 Å². The molecule has 0 saturated carbocycles. The molecule has 0 radical (unpaired) electrons. The van der Waals surface area contributed by atoms with E-state index in [0.29, 0.717) is 4.88 Å². The van der Waals surface area contributed by atoms with Crippen LogP contribution in [0.5, 0.6) is 0 Å². The molecule has 1 aromatic heterocycles. The van der Waals surface area contributed by atoms with E-state index in [1.165, 1.54) is 21.8 Å². The molecule has 1 atom stereocenters. The van der Waals surface area contributed by atoms with E-state index in [0.717, 1.165) is 36.1 Å². The molecule has 1 aliphatic rings. The van der Waals surface area contributed by atoms with Gasteiger partial charge >= 0.3 is 5.97 Å². The number of carbonyl (C=O) groups is 2. The second-order valence-electron chi connectivity index (χ2n) is 6.22. The van der Waals surface area contributed by atoms with Crippen LogP contribution in [0.25, 0.3) is 0 Å². The molecular weight excluding hydrogens is 322 g/mol. The maximum Gasteiger partial charge on any atom is 0.349 e. The highest BCUT2D eigenvalue weighted by Gasteiger charge is 2.23. The third-order valence-corrected chi connectivity index (χ3v) is 5.55. The Labute approximate surface area is 145 Å². The van der Waals surface area contributed by atoms with Crippen LogP contribution in [-0.4, -0.2) is 18.0 Å². The first kappa shape index (κ1) is 16.7. The molecule has 5 heteroatoms. The van der Waals surface area contributed by atoms with Gasteiger partial charge in [0.2, 0.25) is 0 Å². The summed E-state index contributed by atoms with van der Waals surface area (Å²) in [6, 6.07) is 7.73. The first-order chi connectivity index (χ1) is 11.5. The summed E-state index contributed by atoms with van der Waals surface area (Å²) >= 11 is 1.49. The van der Waals surface area contributed by atoms with Crippen molar-refractivity contribution in [3.8, 4) is 0 Å². The Morgan fingerprint density at radius 2 is 1.92 bits per heavy atom. The molecule has 0 unspecified atom stereocenters. The average molecular weight is 343 g/mol. The summed E-state index contributed by atoms with van der Waals surface area (Å²) in [5.74, 6) is -0.733. The summed E-state index contributed by atoms with van der Waals surface area (Å²) in [4.78, 5) is 26.5. The fourth-order valence-corrected chi connectivity index (χ4v) is 4.07. The third kappa shape index (κ3) is 3.36. The van der Waals surface area contributed by atoms with Gasteiger partial charge < -0.3 is 10.1 Å². The number of ether oxygens (including phenoxy) is 1. The SMILES string of the molecule is Cc1cccc(C)c1NC(=O)[C@@H](C)OC(=O)c1cc2c(s1)CCC2. The van der Waals surface area contributed by atoms with Crippen molar-refractivity contribution in [1.82, 2.24) is 0 Å². The smallest absolute Gasteiger partial charge is 0.349 e. The van der Waals surface area contributed by atoms with Gasteiger partial charge in [-0.05, 0) is 62.8 Å². The molecule has 1 heterocycles. The Morgan fingerprint density at radius 3 is 2.58 bits per heavy atom. The van der Waals surface area contributed by atoms with Gasteiger partial charge in [-0.3, -0.25) is 4.79 Å². The quantitative estimate of drug-likeness (QED) is 0.853. The number of anilines is 1. The number of fused-ring (bicyclic) bond motifs is 1. The summed E-state index contributed by atoms with van der Waals surface area (Å²) in [6.45, 7) is 5.47. The predicted octanol–water partition coefficient (Wildman–Crippen LogP) is 4.04.